The number of hydrogen-bond donors (Lipinski definition) is 2. The lowest BCUT2D eigenvalue weighted by atomic mass is 10.1. The molecule has 2 aromatic heterocycles. The molecule has 1 aliphatic heterocycles. The van der Waals surface area contributed by atoms with Crippen LogP contribution >= 0.6 is 0 Å². The average Bonchev–Trinajstić information content (AvgIpc) is 3.04. The molecule has 3 N–H and O–H groups in total. The van der Waals surface area contributed by atoms with E-state index in [4.69, 9.17) is 20.1 Å². The largest absolute Gasteiger partial charge is 0.460 e. The molecule has 0 unspecified atom stereocenters. The summed E-state index contributed by atoms with van der Waals surface area (Å²) in [6.45, 7) is 3.50. The summed E-state index contributed by atoms with van der Waals surface area (Å²) in [6, 6.07) is 15.7. The summed E-state index contributed by atoms with van der Waals surface area (Å²) in [6.07, 6.45) is 3.06. The highest BCUT2D eigenvalue weighted by Crippen LogP contribution is 2.38. The van der Waals surface area contributed by atoms with Crippen LogP contribution in [0.2, 0.25) is 0 Å². The average molecular weight is 442 g/mol. The molecule has 1 aliphatic rings. The van der Waals surface area contributed by atoms with E-state index >= 15 is 0 Å². The highest BCUT2D eigenvalue weighted by molar-refractivity contribution is 6.08. The van der Waals surface area contributed by atoms with Gasteiger partial charge in [0.25, 0.3) is 5.91 Å². The van der Waals surface area contributed by atoms with Crippen LogP contribution in [0.5, 0.6) is 0 Å². The van der Waals surface area contributed by atoms with Gasteiger partial charge >= 0.3 is 0 Å². The van der Waals surface area contributed by atoms with Crippen LogP contribution in [0.25, 0.3) is 22.4 Å². The monoisotopic (exact) mass is 441 g/mol. The number of primary amides is 1. The number of carbonyl (C=O) groups excluding carboxylic acids is 1. The summed E-state index contributed by atoms with van der Waals surface area (Å²) in [4.78, 5) is 24.1. The third kappa shape index (κ3) is 3.91. The van der Waals surface area contributed by atoms with Gasteiger partial charge in [-0.15, -0.1) is 0 Å². The fourth-order valence-corrected chi connectivity index (χ4v) is 4.56. The molecule has 5 rings (SSSR count). The molecule has 0 aliphatic carbocycles. The van der Waals surface area contributed by atoms with Crippen LogP contribution in [0.3, 0.4) is 0 Å². The molecule has 7 nitrogen and oxygen atoms in total. The molecule has 0 fully saturated rings. The standard InChI is InChI=1S/C26H27N5O2/c1-16-21(18-11-8-12-19(24(27)32)23(18)33-16)25-29-20-13-6-7-14-31(2)22(20)26(30-25)28-15-17-9-4-3-5-10-17/h3-5,8-12H,6-7,13-15H2,1-2H3,(H2,27,32)(H,28,29,30). The molecule has 1 amide bonds. The molecule has 0 bridgehead atoms. The number of aromatic nitrogens is 2. The minimum absolute atomic E-state index is 0.360. The number of rotatable bonds is 5. The van der Waals surface area contributed by atoms with Crippen LogP contribution in [0, 0.1) is 6.92 Å². The quantitative estimate of drug-likeness (QED) is 0.467. The number of nitrogens with two attached hydrogens (primary N) is 1. The van der Waals surface area contributed by atoms with E-state index < -0.39 is 5.91 Å². The van der Waals surface area contributed by atoms with Gasteiger partial charge in [0.2, 0.25) is 0 Å². The number of anilines is 2. The van der Waals surface area contributed by atoms with E-state index in [1.165, 1.54) is 5.56 Å². The number of nitrogens with zero attached hydrogens (tertiary/aromatic N) is 3. The van der Waals surface area contributed by atoms with E-state index in [-0.39, 0.29) is 0 Å². The summed E-state index contributed by atoms with van der Waals surface area (Å²) in [5, 5.41) is 4.34. The third-order valence-electron chi connectivity index (χ3n) is 6.18. The Bertz CT molecular complexity index is 1330. The van der Waals surface area contributed by atoms with E-state index in [1.807, 2.05) is 37.3 Å². The van der Waals surface area contributed by atoms with Gasteiger partial charge in [-0.1, -0.05) is 42.5 Å². The first-order chi connectivity index (χ1) is 16.0. The zero-order chi connectivity index (χ0) is 22.9. The zero-order valence-corrected chi connectivity index (χ0v) is 18.9. The van der Waals surface area contributed by atoms with Gasteiger partial charge < -0.3 is 20.4 Å². The van der Waals surface area contributed by atoms with Crippen molar-refractivity contribution in [2.24, 2.45) is 5.73 Å². The normalized spacial score (nSPS) is 13.6. The van der Waals surface area contributed by atoms with E-state index in [9.17, 15) is 4.79 Å². The molecule has 4 aromatic rings. The van der Waals surface area contributed by atoms with Crippen LogP contribution in [0.4, 0.5) is 11.5 Å². The number of fused-ring (bicyclic) bond motifs is 2. The second-order valence-electron chi connectivity index (χ2n) is 8.49. The maximum atomic E-state index is 11.9. The van der Waals surface area contributed by atoms with Crippen LogP contribution < -0.4 is 16.0 Å². The zero-order valence-electron chi connectivity index (χ0n) is 18.9. The summed E-state index contributed by atoms with van der Waals surface area (Å²) >= 11 is 0. The van der Waals surface area contributed by atoms with E-state index in [1.54, 1.807) is 6.07 Å². The van der Waals surface area contributed by atoms with Gasteiger partial charge in [0.05, 0.1) is 16.8 Å². The minimum Gasteiger partial charge on any atom is -0.460 e. The minimum atomic E-state index is -0.518. The second kappa shape index (κ2) is 8.58. The topological polar surface area (TPSA) is 97.3 Å². The number of furan rings is 1. The van der Waals surface area contributed by atoms with Crippen molar-refractivity contribution in [2.45, 2.75) is 32.7 Å². The molecule has 33 heavy (non-hydrogen) atoms. The van der Waals surface area contributed by atoms with Crippen molar-refractivity contribution in [1.82, 2.24) is 9.97 Å². The molecule has 2 aromatic carbocycles. The molecule has 168 valence electrons. The maximum absolute atomic E-state index is 11.9. The molecule has 0 radical (unpaired) electrons. The lowest BCUT2D eigenvalue weighted by molar-refractivity contribution is 0.100. The van der Waals surface area contributed by atoms with Gasteiger partial charge in [-0.25, -0.2) is 9.97 Å². The Kier molecular flexibility index (Phi) is 5.46. The predicted octanol–water partition coefficient (Wildman–Crippen LogP) is 4.68. The highest BCUT2D eigenvalue weighted by Gasteiger charge is 2.25. The number of hydrogen-bond acceptors (Lipinski definition) is 6. The summed E-state index contributed by atoms with van der Waals surface area (Å²) in [7, 11) is 2.10. The summed E-state index contributed by atoms with van der Waals surface area (Å²) in [5.74, 6) is 1.55. The van der Waals surface area contributed by atoms with Crippen LogP contribution in [0.15, 0.2) is 52.9 Å². The lowest BCUT2D eigenvalue weighted by Crippen LogP contribution is -2.21. The van der Waals surface area contributed by atoms with Gasteiger partial charge in [-0.2, -0.15) is 0 Å². The van der Waals surface area contributed by atoms with E-state index in [0.29, 0.717) is 29.3 Å². The summed E-state index contributed by atoms with van der Waals surface area (Å²) < 4.78 is 5.99. The first-order valence-corrected chi connectivity index (χ1v) is 11.2. The fourth-order valence-electron chi connectivity index (χ4n) is 4.56. The van der Waals surface area contributed by atoms with Crippen molar-refractivity contribution in [3.8, 4) is 11.4 Å². The number of amides is 1. The van der Waals surface area contributed by atoms with Crippen molar-refractivity contribution in [2.75, 3.05) is 23.8 Å². The Morgan fingerprint density at radius 3 is 2.73 bits per heavy atom. The molecule has 0 atom stereocenters. The van der Waals surface area contributed by atoms with Gasteiger partial charge in [-0.05, 0) is 37.8 Å². The molecule has 0 spiro atoms. The Morgan fingerprint density at radius 2 is 1.94 bits per heavy atom. The number of benzene rings is 2. The van der Waals surface area contributed by atoms with Crippen molar-refractivity contribution in [1.29, 1.82) is 0 Å². The SMILES string of the molecule is Cc1oc2c(C(N)=O)cccc2c1-c1nc2c(c(NCc3ccccc3)n1)N(C)CCCC2. The van der Waals surface area contributed by atoms with Crippen molar-refractivity contribution < 1.29 is 9.21 Å². The Balaban J connectivity index is 1.66. The number of nitrogens with one attached hydrogen (secondary N) is 1. The first-order valence-electron chi connectivity index (χ1n) is 11.2. The molecular weight excluding hydrogens is 414 g/mol. The number of aryl methyl sites for hydroxylation is 2. The molecule has 7 heteroatoms. The Labute approximate surface area is 192 Å². The number of para-hydroxylation sites is 1. The lowest BCUT2D eigenvalue weighted by Gasteiger charge is -2.23. The molecule has 3 heterocycles. The fraction of sp³-hybridized carbons (Fsp3) is 0.269. The van der Waals surface area contributed by atoms with Crippen molar-refractivity contribution in [3.63, 3.8) is 0 Å². The predicted molar refractivity (Wildman–Crippen MR) is 130 cm³/mol. The van der Waals surface area contributed by atoms with Crippen molar-refractivity contribution >= 4 is 28.4 Å². The van der Waals surface area contributed by atoms with E-state index in [0.717, 1.165) is 54.0 Å². The van der Waals surface area contributed by atoms with Gasteiger partial charge in [0.1, 0.15) is 17.0 Å². The molecule has 0 saturated heterocycles. The molecule has 0 saturated carbocycles. The van der Waals surface area contributed by atoms with Gasteiger partial charge in [-0.3, -0.25) is 4.79 Å². The maximum Gasteiger partial charge on any atom is 0.252 e. The third-order valence-corrected chi connectivity index (χ3v) is 6.18. The number of carbonyl (C=O) groups is 1. The Hall–Kier alpha value is -3.87. The Morgan fingerprint density at radius 1 is 1.12 bits per heavy atom. The highest BCUT2D eigenvalue weighted by atomic mass is 16.3. The first kappa shape index (κ1) is 21.0. The van der Waals surface area contributed by atoms with Gasteiger partial charge in [0.15, 0.2) is 11.6 Å². The van der Waals surface area contributed by atoms with Crippen LogP contribution in [-0.2, 0) is 13.0 Å². The molecular formula is C26H27N5O2. The van der Waals surface area contributed by atoms with Crippen molar-refractivity contribution in [3.05, 3.63) is 71.1 Å². The second-order valence-corrected chi connectivity index (χ2v) is 8.49. The van der Waals surface area contributed by atoms with Crippen LogP contribution in [0.1, 0.15) is 40.2 Å². The van der Waals surface area contributed by atoms with Gasteiger partial charge in [0, 0.05) is 25.5 Å². The van der Waals surface area contributed by atoms with Crippen LogP contribution in [-0.4, -0.2) is 29.5 Å². The summed E-state index contributed by atoms with van der Waals surface area (Å²) in [5.41, 5.74) is 10.5. The van der Waals surface area contributed by atoms with E-state index in [2.05, 4.69) is 29.4 Å². The smallest absolute Gasteiger partial charge is 0.252 e.